The Bertz CT molecular complexity index is 408. The highest BCUT2D eigenvalue weighted by Crippen LogP contribution is 2.33. The predicted octanol–water partition coefficient (Wildman–Crippen LogP) is 5.15. The first kappa shape index (κ1) is 15.1. The molecule has 2 rings (SSSR count). The van der Waals surface area contributed by atoms with Crippen LogP contribution >= 0.6 is 0 Å². The lowest BCUT2D eigenvalue weighted by Gasteiger charge is -2.23. The third-order valence-corrected chi connectivity index (χ3v) is 4.08. The maximum absolute atomic E-state index is 5.30. The Morgan fingerprint density at radius 1 is 1.15 bits per heavy atom. The minimum Gasteiger partial charge on any atom is -0.395 e. The molecule has 1 saturated carbocycles. The first-order chi connectivity index (χ1) is 9.92. The van der Waals surface area contributed by atoms with E-state index in [0.717, 1.165) is 12.0 Å². The fourth-order valence-electron chi connectivity index (χ4n) is 2.91. The summed E-state index contributed by atoms with van der Waals surface area (Å²) in [5, 5.41) is 4.02. The number of nitrogens with zero attached hydrogens (tertiary/aromatic N) is 1. The molecule has 109 valence electrons. The molecule has 0 aliphatic heterocycles. The third kappa shape index (κ3) is 4.66. The van der Waals surface area contributed by atoms with Crippen LogP contribution in [0.1, 0.15) is 75.3 Å². The van der Waals surface area contributed by atoms with Gasteiger partial charge in [-0.05, 0) is 30.7 Å². The molecule has 0 amide bonds. The molecule has 1 aromatic rings. The van der Waals surface area contributed by atoms with Gasteiger partial charge in [0.1, 0.15) is 12.8 Å². The Morgan fingerprint density at radius 2 is 1.95 bits per heavy atom. The Balaban J connectivity index is 1.91. The SMILES string of the molecule is CCCCCO/N=[C]/c1ccccc1C1CCCCC1. The van der Waals surface area contributed by atoms with Crippen molar-refractivity contribution >= 4 is 6.21 Å². The van der Waals surface area contributed by atoms with Gasteiger partial charge in [-0.1, -0.05) is 68.4 Å². The van der Waals surface area contributed by atoms with E-state index < -0.39 is 0 Å². The van der Waals surface area contributed by atoms with E-state index in [2.05, 4.69) is 42.6 Å². The molecule has 0 spiro atoms. The maximum atomic E-state index is 5.30. The van der Waals surface area contributed by atoms with Crippen LogP contribution in [0.4, 0.5) is 0 Å². The summed E-state index contributed by atoms with van der Waals surface area (Å²) >= 11 is 0. The average molecular weight is 272 g/mol. The molecular formula is C18H26NO. The predicted molar refractivity (Wildman–Crippen MR) is 84.3 cm³/mol. The van der Waals surface area contributed by atoms with E-state index in [0.29, 0.717) is 12.5 Å². The van der Waals surface area contributed by atoms with Gasteiger partial charge >= 0.3 is 0 Å². The lowest BCUT2D eigenvalue weighted by molar-refractivity contribution is 0.141. The van der Waals surface area contributed by atoms with Crippen LogP contribution < -0.4 is 0 Å². The first-order valence-corrected chi connectivity index (χ1v) is 8.08. The Labute approximate surface area is 123 Å². The molecule has 0 unspecified atom stereocenters. The van der Waals surface area contributed by atoms with Crippen LogP contribution in [0.3, 0.4) is 0 Å². The van der Waals surface area contributed by atoms with Gasteiger partial charge in [-0.3, -0.25) is 0 Å². The molecule has 20 heavy (non-hydrogen) atoms. The maximum Gasteiger partial charge on any atom is 0.139 e. The van der Waals surface area contributed by atoms with Gasteiger partial charge in [-0.2, -0.15) is 0 Å². The number of hydrogen-bond donors (Lipinski definition) is 0. The zero-order chi connectivity index (χ0) is 14.0. The average Bonchev–Trinajstić information content (AvgIpc) is 2.52. The van der Waals surface area contributed by atoms with Gasteiger partial charge in [0.05, 0.1) is 0 Å². The second-order valence-corrected chi connectivity index (χ2v) is 5.67. The summed E-state index contributed by atoms with van der Waals surface area (Å²) in [6.07, 6.45) is 13.3. The minimum absolute atomic E-state index is 0.683. The van der Waals surface area contributed by atoms with Gasteiger partial charge in [-0.15, -0.1) is 0 Å². The van der Waals surface area contributed by atoms with Crippen LogP contribution in [0.2, 0.25) is 0 Å². The van der Waals surface area contributed by atoms with E-state index in [-0.39, 0.29) is 0 Å². The molecule has 2 nitrogen and oxygen atoms in total. The van der Waals surface area contributed by atoms with Crippen LogP contribution in [0.5, 0.6) is 0 Å². The number of benzene rings is 1. The molecule has 1 aromatic carbocycles. The molecule has 2 heteroatoms. The van der Waals surface area contributed by atoms with Gasteiger partial charge < -0.3 is 4.84 Å². The molecule has 0 aromatic heterocycles. The number of unbranched alkanes of at least 4 members (excludes halogenated alkanes) is 2. The zero-order valence-corrected chi connectivity index (χ0v) is 12.6. The Morgan fingerprint density at radius 3 is 2.75 bits per heavy atom. The second kappa shape index (κ2) is 8.78. The highest BCUT2D eigenvalue weighted by Gasteiger charge is 2.17. The molecule has 0 saturated heterocycles. The molecule has 1 radical (unpaired) electrons. The van der Waals surface area contributed by atoms with E-state index in [1.165, 1.54) is 50.5 Å². The van der Waals surface area contributed by atoms with Crippen molar-refractivity contribution in [2.75, 3.05) is 6.61 Å². The van der Waals surface area contributed by atoms with Crippen molar-refractivity contribution < 1.29 is 4.84 Å². The fraction of sp³-hybridized carbons (Fsp3) is 0.611. The van der Waals surface area contributed by atoms with Crippen LogP contribution in [-0.4, -0.2) is 12.8 Å². The van der Waals surface area contributed by atoms with Crippen molar-refractivity contribution in [2.24, 2.45) is 5.16 Å². The van der Waals surface area contributed by atoms with E-state index in [9.17, 15) is 0 Å². The lowest BCUT2D eigenvalue weighted by atomic mass is 9.82. The molecule has 0 heterocycles. The zero-order valence-electron chi connectivity index (χ0n) is 12.6. The van der Waals surface area contributed by atoms with E-state index in [1.807, 2.05) is 0 Å². The quantitative estimate of drug-likeness (QED) is 0.382. The lowest BCUT2D eigenvalue weighted by Crippen LogP contribution is -2.07. The molecule has 1 fully saturated rings. The molecular weight excluding hydrogens is 246 g/mol. The number of hydrogen-bond acceptors (Lipinski definition) is 2. The molecule has 0 N–H and O–H groups in total. The standard InChI is InChI=1S/C18H26NO/c1-2-3-9-14-20-19-15-17-12-7-8-13-18(17)16-10-5-4-6-11-16/h7-8,12-13,16H,2-6,9-11,14H2,1H3. The fourth-order valence-corrected chi connectivity index (χ4v) is 2.91. The summed E-state index contributed by atoms with van der Waals surface area (Å²) in [6.45, 7) is 2.89. The normalized spacial score (nSPS) is 16.6. The van der Waals surface area contributed by atoms with Crippen molar-refractivity contribution in [3.63, 3.8) is 0 Å². The molecule has 0 bridgehead atoms. The summed E-state index contributed by atoms with van der Waals surface area (Å²) in [6, 6.07) is 8.51. The first-order valence-electron chi connectivity index (χ1n) is 8.08. The van der Waals surface area contributed by atoms with Crippen molar-refractivity contribution in [3.05, 3.63) is 35.4 Å². The summed E-state index contributed by atoms with van der Waals surface area (Å²) in [5.74, 6) is 0.683. The molecule has 1 aliphatic carbocycles. The van der Waals surface area contributed by atoms with Crippen molar-refractivity contribution in [1.29, 1.82) is 0 Å². The monoisotopic (exact) mass is 272 g/mol. The van der Waals surface area contributed by atoms with Gasteiger partial charge in [-0.25, -0.2) is 0 Å². The van der Waals surface area contributed by atoms with Crippen LogP contribution in [0.25, 0.3) is 0 Å². The van der Waals surface area contributed by atoms with Gasteiger partial charge in [0.2, 0.25) is 0 Å². The van der Waals surface area contributed by atoms with Crippen LogP contribution in [-0.2, 0) is 4.84 Å². The molecule has 1 aliphatic rings. The van der Waals surface area contributed by atoms with Crippen LogP contribution in [0.15, 0.2) is 29.4 Å². The van der Waals surface area contributed by atoms with E-state index in [1.54, 1.807) is 0 Å². The summed E-state index contributed by atoms with van der Waals surface area (Å²) in [7, 11) is 0. The van der Waals surface area contributed by atoms with Crippen molar-refractivity contribution in [3.8, 4) is 0 Å². The third-order valence-electron chi connectivity index (χ3n) is 4.08. The van der Waals surface area contributed by atoms with Crippen LogP contribution in [0, 0.1) is 0 Å². The summed E-state index contributed by atoms with van der Waals surface area (Å²) in [4.78, 5) is 5.30. The van der Waals surface area contributed by atoms with Crippen molar-refractivity contribution in [2.45, 2.75) is 64.2 Å². The topological polar surface area (TPSA) is 21.6 Å². The van der Waals surface area contributed by atoms with Gasteiger partial charge in [0.25, 0.3) is 0 Å². The largest absolute Gasteiger partial charge is 0.395 e. The number of rotatable bonds is 7. The van der Waals surface area contributed by atoms with E-state index in [4.69, 9.17) is 4.84 Å². The van der Waals surface area contributed by atoms with E-state index >= 15 is 0 Å². The highest BCUT2D eigenvalue weighted by molar-refractivity contribution is 5.81. The summed E-state index contributed by atoms with van der Waals surface area (Å²) < 4.78 is 0. The van der Waals surface area contributed by atoms with Gasteiger partial charge in [0.15, 0.2) is 0 Å². The highest BCUT2D eigenvalue weighted by atomic mass is 16.6. The summed E-state index contributed by atoms with van der Waals surface area (Å²) in [5.41, 5.74) is 2.50. The Kier molecular flexibility index (Phi) is 6.62. The van der Waals surface area contributed by atoms with Crippen molar-refractivity contribution in [1.82, 2.24) is 0 Å². The smallest absolute Gasteiger partial charge is 0.139 e. The molecule has 0 atom stereocenters. The second-order valence-electron chi connectivity index (χ2n) is 5.67. The minimum atomic E-state index is 0.683. The van der Waals surface area contributed by atoms with Gasteiger partial charge in [0, 0.05) is 5.56 Å². The Hall–Kier alpha value is -1.31.